The molecule has 1 N–H and O–H groups in total. The molecular weight excluding hydrogens is 259 g/mol. The van der Waals surface area contributed by atoms with Crippen LogP contribution in [0.3, 0.4) is 0 Å². The fourth-order valence-electron chi connectivity index (χ4n) is 2.38. The number of methoxy groups -OCH3 is 1. The van der Waals surface area contributed by atoms with Gasteiger partial charge < -0.3 is 10.1 Å². The molecule has 5 heteroatoms. The highest BCUT2D eigenvalue weighted by atomic mass is 19.1. The normalized spacial score (nSPS) is 17.1. The smallest absolute Gasteiger partial charge is 0.238 e. The van der Waals surface area contributed by atoms with Crippen LogP contribution in [-0.2, 0) is 9.53 Å². The van der Waals surface area contributed by atoms with Gasteiger partial charge in [0, 0.05) is 25.9 Å². The number of anilines is 1. The van der Waals surface area contributed by atoms with Gasteiger partial charge in [-0.25, -0.2) is 4.39 Å². The number of nitrogens with zero attached hydrogens (tertiary/aromatic N) is 1. The number of likely N-dealkylation sites (tertiary alicyclic amines) is 1. The maximum Gasteiger partial charge on any atom is 0.238 e. The highest BCUT2D eigenvalue weighted by molar-refractivity contribution is 5.92. The van der Waals surface area contributed by atoms with E-state index in [1.54, 1.807) is 26.2 Å². The van der Waals surface area contributed by atoms with Gasteiger partial charge in [0.25, 0.3) is 0 Å². The summed E-state index contributed by atoms with van der Waals surface area (Å²) in [5.74, 6) is -0.409. The van der Waals surface area contributed by atoms with Gasteiger partial charge in [-0.1, -0.05) is 6.07 Å². The zero-order valence-electron chi connectivity index (χ0n) is 12.0. The number of piperidine rings is 1. The van der Waals surface area contributed by atoms with Crippen molar-refractivity contribution in [3.8, 4) is 0 Å². The Morgan fingerprint density at radius 2 is 2.15 bits per heavy atom. The molecule has 110 valence electrons. The molecule has 1 saturated heterocycles. The molecule has 20 heavy (non-hydrogen) atoms. The Kier molecular flexibility index (Phi) is 5.09. The molecular formula is C15H21FN2O2. The number of carbonyl (C=O) groups is 1. The summed E-state index contributed by atoms with van der Waals surface area (Å²) < 4.78 is 18.7. The lowest BCUT2D eigenvalue weighted by atomic mass is 10.1. The number of hydrogen-bond donors (Lipinski definition) is 1. The van der Waals surface area contributed by atoms with Crippen LogP contribution in [0.2, 0.25) is 0 Å². The fraction of sp³-hybridized carbons (Fsp3) is 0.533. The van der Waals surface area contributed by atoms with Crippen LogP contribution in [0.4, 0.5) is 10.1 Å². The minimum Gasteiger partial charge on any atom is -0.381 e. The zero-order valence-corrected chi connectivity index (χ0v) is 12.0. The van der Waals surface area contributed by atoms with Crippen molar-refractivity contribution in [3.63, 3.8) is 0 Å². The Hall–Kier alpha value is -1.46. The molecule has 1 aliphatic rings. The van der Waals surface area contributed by atoms with Gasteiger partial charge in [0.15, 0.2) is 0 Å². The standard InChI is InChI=1S/C15H21FN2O2/c1-11-3-4-12(9-14(11)16)17-15(19)10-18-7-5-13(20-2)6-8-18/h3-4,9,13H,5-8,10H2,1-2H3,(H,17,19). The SMILES string of the molecule is COC1CCN(CC(=O)Nc2ccc(C)c(F)c2)CC1. The maximum atomic E-state index is 13.4. The van der Waals surface area contributed by atoms with Crippen molar-refractivity contribution in [2.24, 2.45) is 0 Å². The van der Waals surface area contributed by atoms with Crippen LogP contribution in [0.25, 0.3) is 0 Å². The Morgan fingerprint density at radius 1 is 1.45 bits per heavy atom. The van der Waals surface area contributed by atoms with Crippen molar-refractivity contribution in [1.82, 2.24) is 4.90 Å². The van der Waals surface area contributed by atoms with Crippen LogP contribution >= 0.6 is 0 Å². The second-order valence-corrected chi connectivity index (χ2v) is 5.22. The molecule has 0 atom stereocenters. The van der Waals surface area contributed by atoms with Gasteiger partial charge in [0.2, 0.25) is 5.91 Å². The molecule has 0 aliphatic carbocycles. The molecule has 0 radical (unpaired) electrons. The molecule has 2 rings (SSSR count). The summed E-state index contributed by atoms with van der Waals surface area (Å²) in [6, 6.07) is 4.73. The summed E-state index contributed by atoms with van der Waals surface area (Å²) in [4.78, 5) is 14.0. The zero-order chi connectivity index (χ0) is 14.5. The van der Waals surface area contributed by atoms with E-state index in [1.165, 1.54) is 6.07 Å². The number of ether oxygens (including phenoxy) is 1. The monoisotopic (exact) mass is 280 g/mol. The highest BCUT2D eigenvalue weighted by Crippen LogP contribution is 2.15. The fourth-order valence-corrected chi connectivity index (χ4v) is 2.38. The summed E-state index contributed by atoms with van der Waals surface area (Å²) in [5.41, 5.74) is 1.08. The predicted molar refractivity (Wildman–Crippen MR) is 76.2 cm³/mol. The molecule has 0 unspecified atom stereocenters. The van der Waals surface area contributed by atoms with Crippen molar-refractivity contribution in [1.29, 1.82) is 0 Å². The molecule has 0 saturated carbocycles. The molecule has 0 spiro atoms. The minimum atomic E-state index is -0.302. The molecule has 1 aromatic carbocycles. The first kappa shape index (κ1) is 14.9. The van der Waals surface area contributed by atoms with Crippen molar-refractivity contribution >= 4 is 11.6 Å². The number of benzene rings is 1. The van der Waals surface area contributed by atoms with E-state index in [1.807, 2.05) is 0 Å². The first-order valence-electron chi connectivity index (χ1n) is 6.89. The molecule has 0 aromatic heterocycles. The summed E-state index contributed by atoms with van der Waals surface area (Å²) >= 11 is 0. The van der Waals surface area contributed by atoms with E-state index in [9.17, 15) is 9.18 Å². The number of aryl methyl sites for hydroxylation is 1. The van der Waals surface area contributed by atoms with Crippen molar-refractivity contribution < 1.29 is 13.9 Å². The van der Waals surface area contributed by atoms with Gasteiger partial charge >= 0.3 is 0 Å². The third-order valence-corrected chi connectivity index (χ3v) is 3.69. The van der Waals surface area contributed by atoms with Crippen LogP contribution < -0.4 is 5.32 Å². The van der Waals surface area contributed by atoms with E-state index in [0.717, 1.165) is 25.9 Å². The molecule has 1 amide bonds. The van der Waals surface area contributed by atoms with E-state index in [0.29, 0.717) is 23.9 Å². The van der Waals surface area contributed by atoms with Crippen LogP contribution in [0, 0.1) is 12.7 Å². The Morgan fingerprint density at radius 3 is 2.75 bits per heavy atom. The van der Waals surface area contributed by atoms with Gasteiger partial charge in [0.1, 0.15) is 5.82 Å². The van der Waals surface area contributed by atoms with Crippen molar-refractivity contribution in [2.75, 3.05) is 32.1 Å². The number of carbonyl (C=O) groups excluding carboxylic acids is 1. The Bertz CT molecular complexity index is 471. The maximum absolute atomic E-state index is 13.4. The quantitative estimate of drug-likeness (QED) is 0.919. The summed E-state index contributed by atoms with van der Waals surface area (Å²) in [6.45, 7) is 3.75. The Labute approximate surface area is 118 Å². The van der Waals surface area contributed by atoms with E-state index in [2.05, 4.69) is 10.2 Å². The van der Waals surface area contributed by atoms with Crippen LogP contribution in [0.15, 0.2) is 18.2 Å². The Balaban J connectivity index is 1.82. The van der Waals surface area contributed by atoms with E-state index < -0.39 is 0 Å². The van der Waals surface area contributed by atoms with Crippen LogP contribution in [0.5, 0.6) is 0 Å². The second kappa shape index (κ2) is 6.81. The van der Waals surface area contributed by atoms with Crippen LogP contribution in [0.1, 0.15) is 18.4 Å². The summed E-state index contributed by atoms with van der Waals surface area (Å²) in [6.07, 6.45) is 2.20. The molecule has 4 nitrogen and oxygen atoms in total. The number of halogens is 1. The first-order chi connectivity index (χ1) is 9.58. The van der Waals surface area contributed by atoms with E-state index in [-0.39, 0.29) is 11.7 Å². The number of amides is 1. The molecule has 0 bridgehead atoms. The van der Waals surface area contributed by atoms with Gasteiger partial charge in [0.05, 0.1) is 12.6 Å². The first-order valence-corrected chi connectivity index (χ1v) is 6.89. The largest absolute Gasteiger partial charge is 0.381 e. The van der Waals surface area contributed by atoms with Gasteiger partial charge in [-0.3, -0.25) is 9.69 Å². The second-order valence-electron chi connectivity index (χ2n) is 5.22. The van der Waals surface area contributed by atoms with Gasteiger partial charge in [-0.15, -0.1) is 0 Å². The third-order valence-electron chi connectivity index (χ3n) is 3.69. The molecule has 1 aromatic rings. The number of nitrogens with one attached hydrogen (secondary N) is 1. The molecule has 1 heterocycles. The lowest BCUT2D eigenvalue weighted by Gasteiger charge is -2.30. The lowest BCUT2D eigenvalue weighted by Crippen LogP contribution is -2.41. The van der Waals surface area contributed by atoms with E-state index in [4.69, 9.17) is 4.74 Å². The average molecular weight is 280 g/mol. The van der Waals surface area contributed by atoms with Crippen molar-refractivity contribution in [2.45, 2.75) is 25.9 Å². The average Bonchev–Trinajstić information content (AvgIpc) is 2.44. The highest BCUT2D eigenvalue weighted by Gasteiger charge is 2.20. The van der Waals surface area contributed by atoms with Crippen molar-refractivity contribution in [3.05, 3.63) is 29.6 Å². The number of rotatable bonds is 4. The number of hydrogen-bond acceptors (Lipinski definition) is 3. The van der Waals surface area contributed by atoms with Crippen LogP contribution in [-0.4, -0.2) is 43.7 Å². The summed E-state index contributed by atoms with van der Waals surface area (Å²) in [7, 11) is 1.72. The van der Waals surface area contributed by atoms with Gasteiger partial charge in [-0.05, 0) is 37.5 Å². The lowest BCUT2D eigenvalue weighted by molar-refractivity contribution is -0.117. The van der Waals surface area contributed by atoms with E-state index >= 15 is 0 Å². The predicted octanol–water partition coefficient (Wildman–Crippen LogP) is 2.18. The topological polar surface area (TPSA) is 41.6 Å². The van der Waals surface area contributed by atoms with Gasteiger partial charge in [-0.2, -0.15) is 0 Å². The summed E-state index contributed by atoms with van der Waals surface area (Å²) in [5, 5.41) is 2.73. The molecule has 1 aliphatic heterocycles. The minimum absolute atomic E-state index is 0.107. The third kappa shape index (κ3) is 4.02. The molecule has 1 fully saturated rings.